The van der Waals surface area contributed by atoms with Gasteiger partial charge in [-0.3, -0.25) is 14.4 Å². The molecule has 5 nitrogen and oxygen atoms in total. The monoisotopic (exact) mass is 543 g/mol. The summed E-state index contributed by atoms with van der Waals surface area (Å²) in [7, 11) is 1.55. The highest BCUT2D eigenvalue weighted by Crippen LogP contribution is 2.61. The van der Waals surface area contributed by atoms with Crippen LogP contribution in [0.25, 0.3) is 6.08 Å². The van der Waals surface area contributed by atoms with Gasteiger partial charge in [0, 0.05) is 33.9 Å². The van der Waals surface area contributed by atoms with Crippen molar-refractivity contribution in [3.05, 3.63) is 136 Å². The highest BCUT2D eigenvalue weighted by molar-refractivity contribution is 6.32. The van der Waals surface area contributed by atoms with Crippen LogP contribution in [0.1, 0.15) is 53.7 Å². The Kier molecular flexibility index (Phi) is 5.58. The van der Waals surface area contributed by atoms with Gasteiger partial charge in [-0.05, 0) is 42.8 Å². The fourth-order valence-electron chi connectivity index (χ4n) is 7.04. The van der Waals surface area contributed by atoms with Crippen molar-refractivity contribution >= 4 is 29.1 Å². The number of hydrogen-bond acceptors (Lipinski definition) is 5. The van der Waals surface area contributed by atoms with Crippen LogP contribution in [0, 0.1) is 18.2 Å². The maximum absolute atomic E-state index is 14.7. The third-order valence-corrected chi connectivity index (χ3v) is 8.82. The Hall–Kier alpha value is -4.84. The number of halogens is 1. The SMILES string of the molecule is COc1cccc([C@@H]2[C@@H](C(=O)c3ccc(C)cc3)N3c4ccc(F)cc4C=C[C@H]3C23C(=O)c2ccccc2C3=O)c1. The van der Waals surface area contributed by atoms with Crippen molar-refractivity contribution in [2.75, 3.05) is 12.0 Å². The minimum Gasteiger partial charge on any atom is -0.497 e. The average molecular weight is 544 g/mol. The van der Waals surface area contributed by atoms with E-state index in [-0.39, 0.29) is 17.3 Å². The van der Waals surface area contributed by atoms with E-state index in [1.807, 2.05) is 36.1 Å². The molecular formula is C35H26FNO4. The lowest BCUT2D eigenvalue weighted by Crippen LogP contribution is -2.48. The van der Waals surface area contributed by atoms with Crippen LogP contribution in [0.2, 0.25) is 0 Å². The predicted octanol–water partition coefficient (Wildman–Crippen LogP) is 6.46. The first-order valence-electron chi connectivity index (χ1n) is 13.6. The lowest BCUT2D eigenvalue weighted by molar-refractivity contribution is 0.0665. The van der Waals surface area contributed by atoms with Gasteiger partial charge in [0.05, 0.1) is 13.2 Å². The molecule has 41 heavy (non-hydrogen) atoms. The summed E-state index contributed by atoms with van der Waals surface area (Å²) in [5, 5.41) is 0. The number of nitrogens with zero attached hydrogens (tertiary/aromatic N) is 1. The summed E-state index contributed by atoms with van der Waals surface area (Å²) >= 11 is 0. The normalized spacial score (nSPS) is 21.5. The van der Waals surface area contributed by atoms with Gasteiger partial charge in [0.1, 0.15) is 23.0 Å². The van der Waals surface area contributed by atoms with Gasteiger partial charge in [-0.2, -0.15) is 0 Å². The third kappa shape index (κ3) is 3.43. The Morgan fingerprint density at radius 1 is 0.878 bits per heavy atom. The quantitative estimate of drug-likeness (QED) is 0.218. The van der Waals surface area contributed by atoms with E-state index >= 15 is 0 Å². The Morgan fingerprint density at radius 2 is 1.59 bits per heavy atom. The largest absolute Gasteiger partial charge is 0.497 e. The van der Waals surface area contributed by atoms with Gasteiger partial charge in [-0.15, -0.1) is 0 Å². The molecule has 1 fully saturated rings. The second kappa shape index (κ2) is 9.10. The number of fused-ring (bicyclic) bond motifs is 5. The molecule has 0 unspecified atom stereocenters. The minimum absolute atomic E-state index is 0.221. The minimum atomic E-state index is -1.62. The molecule has 0 saturated carbocycles. The number of carbonyl (C=O) groups excluding carboxylic acids is 3. The van der Waals surface area contributed by atoms with Crippen LogP contribution in [-0.4, -0.2) is 36.5 Å². The first-order chi connectivity index (χ1) is 19.9. The zero-order valence-corrected chi connectivity index (χ0v) is 22.5. The van der Waals surface area contributed by atoms with E-state index in [4.69, 9.17) is 4.74 Å². The number of ether oxygens (including phenoxy) is 1. The van der Waals surface area contributed by atoms with Crippen molar-refractivity contribution in [3.63, 3.8) is 0 Å². The fraction of sp³-hybridized carbons (Fsp3) is 0.171. The molecule has 4 aromatic rings. The maximum Gasteiger partial charge on any atom is 0.185 e. The van der Waals surface area contributed by atoms with Crippen LogP contribution in [0.5, 0.6) is 5.75 Å². The van der Waals surface area contributed by atoms with E-state index < -0.39 is 29.2 Å². The first-order valence-corrected chi connectivity index (χ1v) is 13.6. The summed E-state index contributed by atoms with van der Waals surface area (Å²) < 4.78 is 19.9. The van der Waals surface area contributed by atoms with Crippen LogP contribution >= 0.6 is 0 Å². The molecule has 0 radical (unpaired) electrons. The lowest BCUT2D eigenvalue weighted by Gasteiger charge is -2.37. The van der Waals surface area contributed by atoms with Gasteiger partial charge in [0.2, 0.25) is 0 Å². The Balaban J connectivity index is 1.55. The molecule has 3 aliphatic rings. The second-order valence-electron chi connectivity index (χ2n) is 10.9. The van der Waals surface area contributed by atoms with Gasteiger partial charge in [0.25, 0.3) is 0 Å². The van der Waals surface area contributed by atoms with E-state index in [0.29, 0.717) is 39.3 Å². The summed E-state index contributed by atoms with van der Waals surface area (Å²) in [4.78, 5) is 45.8. The number of hydrogen-bond donors (Lipinski definition) is 0. The summed E-state index contributed by atoms with van der Waals surface area (Å²) in [6.07, 6.45) is 3.55. The Bertz CT molecular complexity index is 1760. The van der Waals surface area contributed by atoms with E-state index in [9.17, 15) is 18.8 Å². The molecule has 1 aliphatic carbocycles. The molecule has 0 amide bonds. The third-order valence-electron chi connectivity index (χ3n) is 8.82. The van der Waals surface area contributed by atoms with Crippen LogP contribution in [0.15, 0.2) is 97.1 Å². The number of methoxy groups -OCH3 is 1. The zero-order valence-electron chi connectivity index (χ0n) is 22.5. The second-order valence-corrected chi connectivity index (χ2v) is 10.9. The van der Waals surface area contributed by atoms with Gasteiger partial charge < -0.3 is 9.64 Å². The molecule has 0 bridgehead atoms. The molecule has 1 saturated heterocycles. The molecule has 6 heteroatoms. The van der Waals surface area contributed by atoms with Crippen molar-refractivity contribution in [1.82, 2.24) is 0 Å². The molecule has 2 aliphatic heterocycles. The van der Waals surface area contributed by atoms with Crippen molar-refractivity contribution in [2.24, 2.45) is 5.41 Å². The van der Waals surface area contributed by atoms with Gasteiger partial charge in [0.15, 0.2) is 17.3 Å². The molecule has 7 rings (SSSR count). The van der Waals surface area contributed by atoms with Gasteiger partial charge >= 0.3 is 0 Å². The number of Topliss-reactive ketones (excluding diaryl/α,β-unsaturated/α-hetero) is 3. The molecule has 4 aromatic carbocycles. The van der Waals surface area contributed by atoms with E-state index in [1.165, 1.54) is 12.1 Å². The Morgan fingerprint density at radius 3 is 2.27 bits per heavy atom. The highest BCUT2D eigenvalue weighted by Gasteiger charge is 2.71. The van der Waals surface area contributed by atoms with Crippen LogP contribution in [-0.2, 0) is 0 Å². The summed E-state index contributed by atoms with van der Waals surface area (Å²) in [6, 6.07) is 24.1. The number of carbonyl (C=O) groups is 3. The highest BCUT2D eigenvalue weighted by atomic mass is 19.1. The summed E-state index contributed by atoms with van der Waals surface area (Å²) in [6.45, 7) is 1.95. The standard InChI is InChI=1S/C35H26FNO4/c1-20-10-12-21(13-11-20)32(38)31-30(23-6-5-7-25(19-23)41-2)35(33(39)26-8-3-4-9-27(26)34(35)40)29-17-14-22-18-24(36)15-16-28(22)37(29)31/h3-19,29-31H,1-2H3/t29-,30+,31-/m0/s1. The number of benzene rings is 4. The van der Waals surface area contributed by atoms with Crippen molar-refractivity contribution < 1.29 is 23.5 Å². The molecule has 2 heterocycles. The maximum atomic E-state index is 14.7. The number of aryl methyl sites for hydroxylation is 1. The molecule has 1 spiro atoms. The van der Waals surface area contributed by atoms with E-state index in [2.05, 4.69) is 0 Å². The van der Waals surface area contributed by atoms with Crippen molar-refractivity contribution in [2.45, 2.75) is 24.9 Å². The van der Waals surface area contributed by atoms with Crippen LogP contribution in [0.3, 0.4) is 0 Å². The van der Waals surface area contributed by atoms with E-state index in [0.717, 1.165) is 5.56 Å². The molecule has 0 aromatic heterocycles. The summed E-state index contributed by atoms with van der Waals surface area (Å²) in [5.41, 5.74) is 2.40. The number of ketones is 3. The molecular weight excluding hydrogens is 517 g/mol. The van der Waals surface area contributed by atoms with Crippen LogP contribution < -0.4 is 9.64 Å². The summed E-state index contributed by atoms with van der Waals surface area (Å²) in [5.74, 6) is -1.55. The van der Waals surface area contributed by atoms with Crippen molar-refractivity contribution in [1.29, 1.82) is 0 Å². The molecule has 202 valence electrons. The predicted molar refractivity (Wildman–Crippen MR) is 154 cm³/mol. The first kappa shape index (κ1) is 25.1. The number of rotatable bonds is 4. The van der Waals surface area contributed by atoms with Crippen LogP contribution in [0.4, 0.5) is 10.1 Å². The lowest BCUT2D eigenvalue weighted by atomic mass is 9.64. The fourth-order valence-corrected chi connectivity index (χ4v) is 7.04. The van der Waals surface area contributed by atoms with Gasteiger partial charge in [-0.25, -0.2) is 4.39 Å². The van der Waals surface area contributed by atoms with Gasteiger partial charge in [-0.1, -0.05) is 78.4 Å². The molecule has 0 N–H and O–H groups in total. The topological polar surface area (TPSA) is 63.7 Å². The van der Waals surface area contributed by atoms with E-state index in [1.54, 1.807) is 73.9 Å². The number of anilines is 1. The zero-order chi connectivity index (χ0) is 28.5. The smallest absolute Gasteiger partial charge is 0.185 e. The molecule has 3 atom stereocenters. The average Bonchev–Trinajstić information content (AvgIpc) is 3.43. The van der Waals surface area contributed by atoms with Crippen molar-refractivity contribution in [3.8, 4) is 5.75 Å². The Labute approximate surface area is 236 Å².